The summed E-state index contributed by atoms with van der Waals surface area (Å²) >= 11 is 0. The van der Waals surface area contributed by atoms with Crippen LogP contribution in [0.1, 0.15) is 29.8 Å². The van der Waals surface area contributed by atoms with E-state index in [0.717, 1.165) is 5.75 Å². The van der Waals surface area contributed by atoms with Crippen LogP contribution in [0.2, 0.25) is 0 Å². The third kappa shape index (κ3) is 4.08. The van der Waals surface area contributed by atoms with E-state index in [0.29, 0.717) is 16.8 Å². The largest absolute Gasteiger partial charge is 0.491 e. The molecule has 0 aliphatic heterocycles. The fourth-order valence-corrected chi connectivity index (χ4v) is 1.82. The summed E-state index contributed by atoms with van der Waals surface area (Å²) in [5.74, 6) is 0.513. The second kappa shape index (κ2) is 6.58. The standard InChI is InChI=1S/C17H16N2O2/c1-12(2)21-16-8-6-15(7-9-16)19-17(20)14-5-3-4-13(10-14)11-18/h3-10,12H,1-2H3,(H,19,20). The third-order valence-electron chi connectivity index (χ3n) is 2.74. The summed E-state index contributed by atoms with van der Waals surface area (Å²) in [4.78, 5) is 12.1. The van der Waals surface area contributed by atoms with Gasteiger partial charge in [0.1, 0.15) is 5.75 Å². The van der Waals surface area contributed by atoms with Crippen LogP contribution in [0, 0.1) is 11.3 Å². The smallest absolute Gasteiger partial charge is 0.255 e. The van der Waals surface area contributed by atoms with Crippen molar-refractivity contribution in [1.29, 1.82) is 5.26 Å². The maximum absolute atomic E-state index is 12.1. The van der Waals surface area contributed by atoms with Crippen LogP contribution in [-0.2, 0) is 0 Å². The van der Waals surface area contributed by atoms with Gasteiger partial charge in [0.2, 0.25) is 0 Å². The van der Waals surface area contributed by atoms with Crippen LogP contribution in [0.25, 0.3) is 0 Å². The van der Waals surface area contributed by atoms with Crippen molar-refractivity contribution < 1.29 is 9.53 Å². The zero-order chi connectivity index (χ0) is 15.2. The number of benzene rings is 2. The molecule has 0 saturated heterocycles. The number of carbonyl (C=O) groups is 1. The van der Waals surface area contributed by atoms with Gasteiger partial charge in [0.25, 0.3) is 5.91 Å². The van der Waals surface area contributed by atoms with Crippen molar-refractivity contribution >= 4 is 11.6 Å². The topological polar surface area (TPSA) is 62.1 Å². The number of rotatable bonds is 4. The highest BCUT2D eigenvalue weighted by Crippen LogP contribution is 2.17. The van der Waals surface area contributed by atoms with Gasteiger partial charge in [-0.25, -0.2) is 0 Å². The van der Waals surface area contributed by atoms with Crippen LogP contribution in [0.15, 0.2) is 48.5 Å². The number of nitriles is 1. The second-order valence-corrected chi connectivity index (χ2v) is 4.84. The molecule has 0 saturated carbocycles. The number of hydrogen-bond acceptors (Lipinski definition) is 3. The molecule has 0 radical (unpaired) electrons. The molecule has 2 aromatic rings. The van der Waals surface area contributed by atoms with Gasteiger partial charge in [-0.3, -0.25) is 4.79 Å². The van der Waals surface area contributed by atoms with Gasteiger partial charge in [-0.05, 0) is 56.3 Å². The molecule has 0 aromatic heterocycles. The molecule has 1 amide bonds. The number of carbonyl (C=O) groups excluding carboxylic acids is 1. The van der Waals surface area contributed by atoms with Gasteiger partial charge in [0.15, 0.2) is 0 Å². The zero-order valence-electron chi connectivity index (χ0n) is 12.0. The third-order valence-corrected chi connectivity index (χ3v) is 2.74. The summed E-state index contributed by atoms with van der Waals surface area (Å²) in [5.41, 5.74) is 1.60. The molecule has 0 aliphatic carbocycles. The molecule has 1 N–H and O–H groups in total. The maximum Gasteiger partial charge on any atom is 0.255 e. The number of hydrogen-bond donors (Lipinski definition) is 1. The van der Waals surface area contributed by atoms with Gasteiger partial charge in [0.05, 0.1) is 17.7 Å². The minimum Gasteiger partial charge on any atom is -0.491 e. The minimum atomic E-state index is -0.246. The molecular formula is C17H16N2O2. The fraction of sp³-hybridized carbons (Fsp3) is 0.176. The Balaban J connectivity index is 2.07. The molecule has 0 aliphatic rings. The van der Waals surface area contributed by atoms with E-state index in [9.17, 15) is 4.79 Å². The number of anilines is 1. The maximum atomic E-state index is 12.1. The van der Waals surface area contributed by atoms with Crippen LogP contribution < -0.4 is 10.1 Å². The lowest BCUT2D eigenvalue weighted by atomic mass is 10.1. The predicted molar refractivity (Wildman–Crippen MR) is 81.3 cm³/mol. The molecule has 4 heteroatoms. The molecule has 2 rings (SSSR count). The van der Waals surface area contributed by atoms with E-state index in [1.807, 2.05) is 19.9 Å². The van der Waals surface area contributed by atoms with E-state index < -0.39 is 0 Å². The van der Waals surface area contributed by atoms with Crippen molar-refractivity contribution in [1.82, 2.24) is 0 Å². The minimum absolute atomic E-state index is 0.110. The van der Waals surface area contributed by atoms with E-state index in [1.165, 1.54) is 0 Å². The van der Waals surface area contributed by atoms with Crippen LogP contribution >= 0.6 is 0 Å². The van der Waals surface area contributed by atoms with Crippen LogP contribution in [0.4, 0.5) is 5.69 Å². The molecule has 21 heavy (non-hydrogen) atoms. The first kappa shape index (κ1) is 14.6. The molecule has 0 heterocycles. The Bertz CT molecular complexity index is 670. The monoisotopic (exact) mass is 280 g/mol. The lowest BCUT2D eigenvalue weighted by Crippen LogP contribution is -2.12. The van der Waals surface area contributed by atoms with E-state index in [4.69, 9.17) is 10.00 Å². The normalized spacial score (nSPS) is 10.0. The molecule has 0 atom stereocenters. The van der Waals surface area contributed by atoms with Gasteiger partial charge < -0.3 is 10.1 Å². The summed E-state index contributed by atoms with van der Waals surface area (Å²) in [6.45, 7) is 3.91. The van der Waals surface area contributed by atoms with Crippen molar-refractivity contribution in [3.8, 4) is 11.8 Å². The van der Waals surface area contributed by atoms with Crippen LogP contribution in [-0.4, -0.2) is 12.0 Å². The van der Waals surface area contributed by atoms with Crippen LogP contribution in [0.5, 0.6) is 5.75 Å². The molecule has 2 aromatic carbocycles. The summed E-state index contributed by atoms with van der Waals surface area (Å²) in [7, 11) is 0. The van der Waals surface area contributed by atoms with Gasteiger partial charge >= 0.3 is 0 Å². The summed E-state index contributed by atoms with van der Waals surface area (Å²) in [6, 6.07) is 15.8. The molecular weight excluding hydrogens is 264 g/mol. The van der Waals surface area contributed by atoms with Gasteiger partial charge in [-0.15, -0.1) is 0 Å². The average molecular weight is 280 g/mol. The van der Waals surface area contributed by atoms with Crippen molar-refractivity contribution in [2.24, 2.45) is 0 Å². The molecule has 0 bridgehead atoms. The Morgan fingerprint density at radius 1 is 1.19 bits per heavy atom. The van der Waals surface area contributed by atoms with Crippen molar-refractivity contribution in [3.05, 3.63) is 59.7 Å². The van der Waals surface area contributed by atoms with Gasteiger partial charge in [-0.1, -0.05) is 6.07 Å². The number of amides is 1. The van der Waals surface area contributed by atoms with Crippen molar-refractivity contribution in [3.63, 3.8) is 0 Å². The molecule has 0 unspecified atom stereocenters. The van der Waals surface area contributed by atoms with Crippen LogP contribution in [0.3, 0.4) is 0 Å². The molecule has 4 nitrogen and oxygen atoms in total. The number of ether oxygens (including phenoxy) is 1. The Labute approximate surface area is 124 Å². The van der Waals surface area contributed by atoms with Crippen molar-refractivity contribution in [2.75, 3.05) is 5.32 Å². The van der Waals surface area contributed by atoms with E-state index in [-0.39, 0.29) is 12.0 Å². The highest BCUT2D eigenvalue weighted by Gasteiger charge is 2.07. The number of nitrogens with one attached hydrogen (secondary N) is 1. The van der Waals surface area contributed by atoms with E-state index in [2.05, 4.69) is 5.32 Å². The highest BCUT2D eigenvalue weighted by molar-refractivity contribution is 6.04. The zero-order valence-corrected chi connectivity index (χ0v) is 12.0. The highest BCUT2D eigenvalue weighted by atomic mass is 16.5. The lowest BCUT2D eigenvalue weighted by Gasteiger charge is -2.10. The first-order valence-electron chi connectivity index (χ1n) is 6.66. The van der Waals surface area contributed by atoms with E-state index in [1.54, 1.807) is 48.5 Å². The number of nitrogens with zero attached hydrogens (tertiary/aromatic N) is 1. The Kier molecular flexibility index (Phi) is 4.57. The van der Waals surface area contributed by atoms with E-state index >= 15 is 0 Å². The summed E-state index contributed by atoms with van der Waals surface area (Å²) < 4.78 is 5.54. The Hall–Kier alpha value is -2.80. The SMILES string of the molecule is CC(C)Oc1ccc(NC(=O)c2cccc(C#N)c2)cc1. The quantitative estimate of drug-likeness (QED) is 0.930. The summed E-state index contributed by atoms with van der Waals surface area (Å²) in [5, 5.41) is 11.6. The first-order valence-corrected chi connectivity index (χ1v) is 6.66. The predicted octanol–water partition coefficient (Wildman–Crippen LogP) is 3.60. The lowest BCUT2D eigenvalue weighted by molar-refractivity contribution is 0.102. The van der Waals surface area contributed by atoms with Gasteiger partial charge in [-0.2, -0.15) is 5.26 Å². The summed E-state index contributed by atoms with van der Waals surface area (Å²) in [6.07, 6.45) is 0.110. The second-order valence-electron chi connectivity index (χ2n) is 4.84. The molecule has 0 fully saturated rings. The Morgan fingerprint density at radius 3 is 2.52 bits per heavy atom. The fourth-order valence-electron chi connectivity index (χ4n) is 1.82. The van der Waals surface area contributed by atoms with Crippen molar-refractivity contribution in [2.45, 2.75) is 20.0 Å². The van der Waals surface area contributed by atoms with Gasteiger partial charge in [0, 0.05) is 11.3 Å². The Morgan fingerprint density at radius 2 is 1.90 bits per heavy atom. The first-order chi connectivity index (χ1) is 10.1. The molecule has 0 spiro atoms. The average Bonchev–Trinajstić information content (AvgIpc) is 2.49. The molecule has 106 valence electrons.